The van der Waals surface area contributed by atoms with E-state index in [0.717, 1.165) is 0 Å². The highest BCUT2D eigenvalue weighted by Gasteiger charge is 1.92. The highest BCUT2D eigenvalue weighted by atomic mass is 28.1. The third kappa shape index (κ3) is 4.63. The summed E-state index contributed by atoms with van der Waals surface area (Å²) >= 11 is 0. The molecule has 0 unspecified atom stereocenters. The third-order valence-electron chi connectivity index (χ3n) is 1.41. The molecule has 3 heteroatoms. The van der Waals surface area contributed by atoms with Gasteiger partial charge in [-0.25, -0.2) is 0 Å². The van der Waals surface area contributed by atoms with Crippen molar-refractivity contribution in [2.24, 2.45) is 0 Å². The van der Waals surface area contributed by atoms with E-state index in [2.05, 4.69) is 10.6 Å². The summed E-state index contributed by atoms with van der Waals surface area (Å²) in [5, 5.41) is 6.22. The number of rotatable bonds is 0. The lowest BCUT2D eigenvalue weighted by atomic mass is 10.3. The molecular formula is C6H14N2Si. The highest BCUT2D eigenvalue weighted by molar-refractivity contribution is 5.75. The Hall–Kier alpha value is 0.137. The van der Waals surface area contributed by atoms with Crippen molar-refractivity contribution in [3.05, 3.63) is 0 Å². The molecule has 2 rings (SSSR count). The molecule has 0 aliphatic carbocycles. The van der Waals surface area contributed by atoms with Crippen LogP contribution in [0.15, 0.2) is 0 Å². The van der Waals surface area contributed by atoms with E-state index in [-0.39, 0.29) is 11.0 Å². The van der Waals surface area contributed by atoms with Gasteiger partial charge < -0.3 is 10.6 Å². The molecule has 52 valence electrons. The first-order valence-electron chi connectivity index (χ1n) is 3.41. The maximum absolute atomic E-state index is 3.11. The van der Waals surface area contributed by atoms with Crippen molar-refractivity contribution in [3.8, 4) is 0 Å². The topological polar surface area (TPSA) is 24.1 Å². The van der Waals surface area contributed by atoms with Crippen LogP contribution in [0, 0.1) is 0 Å². The summed E-state index contributed by atoms with van der Waals surface area (Å²) in [7, 11) is 0. The van der Waals surface area contributed by atoms with Gasteiger partial charge in [-0.05, 0) is 39.0 Å². The Bertz CT molecular complexity index is 35.0. The first-order chi connectivity index (χ1) is 4.00. The van der Waals surface area contributed by atoms with Crippen molar-refractivity contribution in [1.29, 1.82) is 0 Å². The molecule has 2 fully saturated rings. The fourth-order valence-electron chi connectivity index (χ4n) is 0.354. The van der Waals surface area contributed by atoms with Crippen LogP contribution >= 0.6 is 0 Å². The molecule has 0 amide bonds. The molecule has 0 atom stereocenters. The monoisotopic (exact) mass is 142 g/mol. The fraction of sp³-hybridized carbons (Fsp3) is 1.00. The molecule has 0 bridgehead atoms. The van der Waals surface area contributed by atoms with Gasteiger partial charge in [-0.2, -0.15) is 0 Å². The molecule has 0 spiro atoms. The van der Waals surface area contributed by atoms with Gasteiger partial charge in [-0.3, -0.25) is 0 Å². The molecule has 2 N–H and O–H groups in total. The summed E-state index contributed by atoms with van der Waals surface area (Å²) in [4.78, 5) is 0. The van der Waals surface area contributed by atoms with Gasteiger partial charge in [0.1, 0.15) is 0 Å². The van der Waals surface area contributed by atoms with Crippen LogP contribution in [-0.4, -0.2) is 37.1 Å². The molecule has 9 heavy (non-hydrogen) atoms. The molecule has 0 saturated carbocycles. The minimum absolute atomic E-state index is 0. The predicted molar refractivity (Wildman–Crippen MR) is 40.7 cm³/mol. The molecule has 0 aromatic carbocycles. The first kappa shape index (κ1) is 9.14. The lowest BCUT2D eigenvalue weighted by Gasteiger charge is -2.09. The van der Waals surface area contributed by atoms with Crippen LogP contribution in [0.25, 0.3) is 0 Å². The Labute approximate surface area is 61.4 Å². The summed E-state index contributed by atoms with van der Waals surface area (Å²) in [6.07, 6.45) is 2.78. The van der Waals surface area contributed by atoms with E-state index in [1.807, 2.05) is 0 Å². The van der Waals surface area contributed by atoms with Crippen LogP contribution < -0.4 is 10.6 Å². The second kappa shape index (κ2) is 6.26. The molecule has 4 radical (unpaired) electrons. The molecule has 2 heterocycles. The molecule has 0 aromatic rings. The van der Waals surface area contributed by atoms with Crippen molar-refractivity contribution in [1.82, 2.24) is 10.6 Å². The van der Waals surface area contributed by atoms with Gasteiger partial charge in [0.25, 0.3) is 0 Å². The Morgan fingerprint density at radius 3 is 0.778 bits per heavy atom. The van der Waals surface area contributed by atoms with Crippen LogP contribution in [-0.2, 0) is 0 Å². The smallest absolute Gasteiger partial charge is 0 e. The summed E-state index contributed by atoms with van der Waals surface area (Å²) in [6.45, 7) is 5.00. The van der Waals surface area contributed by atoms with Gasteiger partial charge in [0, 0.05) is 11.0 Å². The maximum Gasteiger partial charge on any atom is 0 e. The Balaban J connectivity index is 0.000000128. The molecule has 2 saturated heterocycles. The SMILES string of the molecule is C1CNC1.C1CNC1.[Si]. The zero-order valence-corrected chi connectivity index (χ0v) is 6.74. The lowest BCUT2D eigenvalue weighted by Crippen LogP contribution is -2.29. The largest absolute Gasteiger partial charge is 0.317 e. The van der Waals surface area contributed by atoms with Gasteiger partial charge >= 0.3 is 0 Å². The quantitative estimate of drug-likeness (QED) is 0.449. The summed E-state index contributed by atoms with van der Waals surface area (Å²) in [5.74, 6) is 0. The van der Waals surface area contributed by atoms with Crippen LogP contribution in [0.4, 0.5) is 0 Å². The minimum Gasteiger partial charge on any atom is -0.317 e. The number of hydrogen-bond acceptors (Lipinski definition) is 2. The number of nitrogens with one attached hydrogen (secondary N) is 2. The van der Waals surface area contributed by atoms with Crippen molar-refractivity contribution in [2.75, 3.05) is 26.2 Å². The predicted octanol–water partition coefficient (Wildman–Crippen LogP) is -0.421. The van der Waals surface area contributed by atoms with Crippen LogP contribution in [0.2, 0.25) is 0 Å². The average molecular weight is 142 g/mol. The van der Waals surface area contributed by atoms with E-state index < -0.39 is 0 Å². The molecule has 2 aliphatic rings. The zero-order chi connectivity index (χ0) is 5.66. The summed E-state index contributed by atoms with van der Waals surface area (Å²) < 4.78 is 0. The highest BCUT2D eigenvalue weighted by Crippen LogP contribution is 1.81. The second-order valence-electron chi connectivity index (χ2n) is 2.21. The van der Waals surface area contributed by atoms with Gasteiger partial charge in [-0.1, -0.05) is 0 Å². The minimum atomic E-state index is 0. The Morgan fingerprint density at radius 2 is 0.778 bits per heavy atom. The van der Waals surface area contributed by atoms with Crippen molar-refractivity contribution < 1.29 is 0 Å². The van der Waals surface area contributed by atoms with E-state index in [9.17, 15) is 0 Å². The van der Waals surface area contributed by atoms with Gasteiger partial charge in [0.15, 0.2) is 0 Å². The molecule has 0 aromatic heterocycles. The van der Waals surface area contributed by atoms with E-state index in [4.69, 9.17) is 0 Å². The maximum atomic E-state index is 3.11. The van der Waals surface area contributed by atoms with Gasteiger partial charge in [-0.15, -0.1) is 0 Å². The fourth-order valence-corrected chi connectivity index (χ4v) is 0.354. The van der Waals surface area contributed by atoms with E-state index in [0.29, 0.717) is 0 Å². The average Bonchev–Trinajstić information content (AvgIpc) is 1.12. The lowest BCUT2D eigenvalue weighted by molar-refractivity contribution is 0.527. The van der Waals surface area contributed by atoms with Crippen molar-refractivity contribution >= 4 is 11.0 Å². The van der Waals surface area contributed by atoms with Gasteiger partial charge in [0.2, 0.25) is 0 Å². The second-order valence-corrected chi connectivity index (χ2v) is 2.21. The van der Waals surface area contributed by atoms with Crippen LogP contribution in [0.3, 0.4) is 0 Å². The van der Waals surface area contributed by atoms with Gasteiger partial charge in [0.05, 0.1) is 0 Å². The van der Waals surface area contributed by atoms with Crippen LogP contribution in [0.1, 0.15) is 12.8 Å². The van der Waals surface area contributed by atoms with Crippen molar-refractivity contribution in [2.45, 2.75) is 12.8 Å². The normalized spacial score (nSPS) is 21.3. The third-order valence-corrected chi connectivity index (χ3v) is 1.41. The Kier molecular flexibility index (Phi) is 6.35. The molecule has 2 aliphatic heterocycles. The summed E-state index contributed by atoms with van der Waals surface area (Å²) in [6, 6.07) is 0. The van der Waals surface area contributed by atoms with E-state index in [1.54, 1.807) is 0 Å². The number of hydrogen-bond donors (Lipinski definition) is 2. The Morgan fingerprint density at radius 1 is 0.667 bits per heavy atom. The van der Waals surface area contributed by atoms with E-state index >= 15 is 0 Å². The van der Waals surface area contributed by atoms with E-state index in [1.165, 1.54) is 39.0 Å². The molecule has 2 nitrogen and oxygen atoms in total. The standard InChI is InChI=1S/2C3H7N.Si/c2*1-2-4-3-1;/h2*4H,1-3H2;. The zero-order valence-electron chi connectivity index (χ0n) is 5.74. The first-order valence-corrected chi connectivity index (χ1v) is 3.41. The van der Waals surface area contributed by atoms with Crippen LogP contribution in [0.5, 0.6) is 0 Å². The summed E-state index contributed by atoms with van der Waals surface area (Å²) in [5.41, 5.74) is 0. The van der Waals surface area contributed by atoms with Crippen molar-refractivity contribution in [3.63, 3.8) is 0 Å². The molecular weight excluding hydrogens is 128 g/mol.